The highest BCUT2D eigenvalue weighted by atomic mass is 16.6. The van der Waals surface area contributed by atoms with Gasteiger partial charge >= 0.3 is 6.09 Å². The minimum atomic E-state index is -0.502. The van der Waals surface area contributed by atoms with Crippen LogP contribution >= 0.6 is 0 Å². The first-order valence-electron chi connectivity index (χ1n) is 11.7. The highest BCUT2D eigenvalue weighted by Gasteiger charge is 2.33. The fourth-order valence-electron chi connectivity index (χ4n) is 4.22. The van der Waals surface area contributed by atoms with Gasteiger partial charge in [-0.2, -0.15) is 0 Å². The number of hydrogen-bond donors (Lipinski definition) is 2. The molecule has 1 heterocycles. The van der Waals surface area contributed by atoms with E-state index in [-0.39, 0.29) is 24.1 Å². The molecule has 2 N–H and O–H groups in total. The second-order valence-electron chi connectivity index (χ2n) is 10.0. The number of nitrogens with one attached hydrogen (secondary N) is 2. The molecule has 0 spiro atoms. The molecular weight excluding hydrogens is 426 g/mol. The Kier molecular flexibility index (Phi) is 6.51. The number of ether oxygens (including phenoxy) is 1. The third-order valence-corrected chi connectivity index (χ3v) is 6.02. The van der Waals surface area contributed by atoms with E-state index in [0.29, 0.717) is 18.7 Å². The Balaban J connectivity index is 1.40. The molecule has 4 rings (SSSR count). The Morgan fingerprint density at radius 3 is 2.47 bits per heavy atom. The van der Waals surface area contributed by atoms with Crippen LogP contribution in [0, 0.1) is 6.92 Å². The number of amides is 2. The smallest absolute Gasteiger partial charge is 0.410 e. The number of aryl methyl sites for hydroxylation is 1. The number of nitrogens with zero attached hydrogens (tertiary/aromatic N) is 1. The summed E-state index contributed by atoms with van der Waals surface area (Å²) < 4.78 is 5.41. The Morgan fingerprint density at radius 2 is 1.74 bits per heavy atom. The van der Waals surface area contributed by atoms with E-state index in [1.165, 1.54) is 0 Å². The summed E-state index contributed by atoms with van der Waals surface area (Å²) in [7, 11) is 0. The monoisotopic (exact) mass is 459 g/mol. The highest BCUT2D eigenvalue weighted by Crippen LogP contribution is 2.25. The van der Waals surface area contributed by atoms with Crippen molar-refractivity contribution in [3.63, 3.8) is 0 Å². The first kappa shape index (κ1) is 23.6. The van der Waals surface area contributed by atoms with E-state index < -0.39 is 5.60 Å². The molecular formula is C28H33N3O3. The highest BCUT2D eigenvalue weighted by molar-refractivity contribution is 5.97. The molecule has 0 bridgehead atoms. The van der Waals surface area contributed by atoms with Crippen LogP contribution < -0.4 is 10.6 Å². The van der Waals surface area contributed by atoms with Crippen molar-refractivity contribution in [1.82, 2.24) is 10.2 Å². The van der Waals surface area contributed by atoms with Crippen LogP contribution in [0.25, 0.3) is 10.8 Å². The molecule has 1 saturated heterocycles. The average Bonchev–Trinajstić information content (AvgIpc) is 2.75. The normalized spacial score (nSPS) is 14.9. The number of anilines is 1. The van der Waals surface area contributed by atoms with Crippen molar-refractivity contribution in [3.8, 4) is 0 Å². The topological polar surface area (TPSA) is 70.7 Å². The summed E-state index contributed by atoms with van der Waals surface area (Å²) in [6.07, 6.45) is -0.294. The quantitative estimate of drug-likeness (QED) is 0.516. The lowest BCUT2D eigenvalue weighted by Gasteiger charge is -2.40. The summed E-state index contributed by atoms with van der Waals surface area (Å²) in [4.78, 5) is 27.0. The maximum absolute atomic E-state index is 13.2. The van der Waals surface area contributed by atoms with Gasteiger partial charge in [-0.15, -0.1) is 0 Å². The van der Waals surface area contributed by atoms with Gasteiger partial charge in [0.15, 0.2) is 0 Å². The van der Waals surface area contributed by atoms with Crippen LogP contribution in [0.2, 0.25) is 0 Å². The Bertz CT molecular complexity index is 1200. The fraction of sp³-hybridized carbons (Fsp3) is 0.357. The summed E-state index contributed by atoms with van der Waals surface area (Å²) >= 11 is 0. The van der Waals surface area contributed by atoms with Crippen LogP contribution in [-0.2, 0) is 4.74 Å². The van der Waals surface area contributed by atoms with Gasteiger partial charge < -0.3 is 20.3 Å². The van der Waals surface area contributed by atoms with Crippen molar-refractivity contribution in [1.29, 1.82) is 0 Å². The minimum Gasteiger partial charge on any atom is -0.444 e. The summed E-state index contributed by atoms with van der Waals surface area (Å²) in [6, 6.07) is 20.2. The molecule has 0 aliphatic carbocycles. The van der Waals surface area contributed by atoms with E-state index in [4.69, 9.17) is 4.74 Å². The third kappa shape index (κ3) is 5.33. The molecule has 3 aromatic carbocycles. The first-order chi connectivity index (χ1) is 16.1. The summed E-state index contributed by atoms with van der Waals surface area (Å²) in [5.41, 5.74) is 3.01. The molecule has 6 nitrogen and oxygen atoms in total. The second-order valence-corrected chi connectivity index (χ2v) is 10.0. The zero-order chi connectivity index (χ0) is 24.5. The lowest BCUT2D eigenvalue weighted by atomic mass is 9.99. The molecule has 1 fully saturated rings. The van der Waals surface area contributed by atoms with Crippen LogP contribution in [-0.4, -0.2) is 41.6 Å². The predicted molar refractivity (Wildman–Crippen MR) is 136 cm³/mol. The van der Waals surface area contributed by atoms with E-state index in [9.17, 15) is 9.59 Å². The number of fused-ring (bicyclic) bond motifs is 1. The molecule has 1 aliphatic heterocycles. The third-order valence-electron chi connectivity index (χ3n) is 6.02. The van der Waals surface area contributed by atoms with Gasteiger partial charge in [0.05, 0.1) is 12.1 Å². The van der Waals surface area contributed by atoms with E-state index in [0.717, 1.165) is 27.6 Å². The van der Waals surface area contributed by atoms with Crippen LogP contribution in [0.5, 0.6) is 0 Å². The first-order valence-corrected chi connectivity index (χ1v) is 11.7. The van der Waals surface area contributed by atoms with E-state index >= 15 is 0 Å². The van der Waals surface area contributed by atoms with Crippen molar-refractivity contribution < 1.29 is 14.3 Å². The SMILES string of the molecule is Cc1ccc(NC2CN(C(=O)OC(C)(C)C)C2)cc1C(=O)NC(C)c1cccc2ccccc12. The Hall–Kier alpha value is -3.54. The molecule has 2 amide bonds. The number of rotatable bonds is 5. The van der Waals surface area contributed by atoms with Crippen molar-refractivity contribution >= 4 is 28.5 Å². The lowest BCUT2D eigenvalue weighted by Crippen LogP contribution is -2.57. The summed E-state index contributed by atoms with van der Waals surface area (Å²) in [5, 5.41) is 8.89. The molecule has 0 aromatic heterocycles. The molecule has 178 valence electrons. The molecule has 1 atom stereocenters. The van der Waals surface area contributed by atoms with E-state index in [2.05, 4.69) is 34.9 Å². The fourth-order valence-corrected chi connectivity index (χ4v) is 4.22. The van der Waals surface area contributed by atoms with Crippen LogP contribution in [0.15, 0.2) is 60.7 Å². The van der Waals surface area contributed by atoms with Gasteiger partial charge in [0, 0.05) is 24.3 Å². The van der Waals surface area contributed by atoms with Crippen molar-refractivity contribution in [2.24, 2.45) is 0 Å². The molecule has 3 aromatic rings. The number of likely N-dealkylation sites (tertiary alicyclic amines) is 1. The largest absolute Gasteiger partial charge is 0.444 e. The van der Waals surface area contributed by atoms with Gasteiger partial charge in [-0.25, -0.2) is 4.79 Å². The van der Waals surface area contributed by atoms with Crippen LogP contribution in [0.4, 0.5) is 10.5 Å². The zero-order valence-corrected chi connectivity index (χ0v) is 20.5. The molecule has 6 heteroatoms. The number of carbonyl (C=O) groups excluding carboxylic acids is 2. The molecule has 1 unspecified atom stereocenters. The Labute approximate surface area is 201 Å². The zero-order valence-electron chi connectivity index (χ0n) is 20.5. The molecule has 0 saturated carbocycles. The Morgan fingerprint density at radius 1 is 1.03 bits per heavy atom. The van der Waals surface area contributed by atoms with Crippen molar-refractivity contribution in [2.75, 3.05) is 18.4 Å². The van der Waals surface area contributed by atoms with Crippen LogP contribution in [0.3, 0.4) is 0 Å². The maximum atomic E-state index is 13.2. The minimum absolute atomic E-state index is 0.106. The van der Waals surface area contributed by atoms with Crippen molar-refractivity contribution in [2.45, 2.75) is 52.3 Å². The second kappa shape index (κ2) is 9.37. The number of hydrogen-bond acceptors (Lipinski definition) is 4. The van der Waals surface area contributed by atoms with E-state index in [1.807, 2.05) is 71.0 Å². The van der Waals surface area contributed by atoms with Gasteiger partial charge in [-0.1, -0.05) is 48.5 Å². The van der Waals surface area contributed by atoms with Gasteiger partial charge in [-0.05, 0) is 68.7 Å². The number of benzene rings is 3. The lowest BCUT2D eigenvalue weighted by molar-refractivity contribution is 0.0105. The van der Waals surface area contributed by atoms with Gasteiger partial charge in [0.1, 0.15) is 5.60 Å². The van der Waals surface area contributed by atoms with Crippen molar-refractivity contribution in [3.05, 3.63) is 77.4 Å². The van der Waals surface area contributed by atoms with Gasteiger partial charge in [0.2, 0.25) is 0 Å². The number of carbonyl (C=O) groups is 2. The van der Waals surface area contributed by atoms with Gasteiger partial charge in [0.25, 0.3) is 5.91 Å². The summed E-state index contributed by atoms with van der Waals surface area (Å²) in [6.45, 7) is 10.7. The average molecular weight is 460 g/mol. The standard InChI is InChI=1S/C28H33N3O3/c1-18-13-14-21(30-22-16-31(17-22)27(33)34-28(3,4)5)15-25(18)26(32)29-19(2)23-12-8-10-20-9-6-7-11-24(20)23/h6-15,19,22,30H,16-17H2,1-5H3,(H,29,32). The van der Waals surface area contributed by atoms with Gasteiger partial charge in [-0.3, -0.25) is 4.79 Å². The maximum Gasteiger partial charge on any atom is 0.410 e. The molecule has 1 aliphatic rings. The summed E-state index contributed by atoms with van der Waals surface area (Å²) in [5.74, 6) is -0.106. The molecule has 0 radical (unpaired) electrons. The van der Waals surface area contributed by atoms with E-state index in [1.54, 1.807) is 4.90 Å². The molecule has 34 heavy (non-hydrogen) atoms. The van der Waals surface area contributed by atoms with Crippen LogP contribution in [0.1, 0.15) is 55.2 Å². The predicted octanol–water partition coefficient (Wildman–Crippen LogP) is 5.67.